The second kappa shape index (κ2) is 6.27. The molecule has 98 valence electrons. The van der Waals surface area contributed by atoms with Crippen LogP contribution in [0.5, 0.6) is 0 Å². The van der Waals surface area contributed by atoms with Gasteiger partial charge in [-0.25, -0.2) is 5.84 Å². The van der Waals surface area contributed by atoms with Gasteiger partial charge in [0.25, 0.3) is 5.91 Å². The van der Waals surface area contributed by atoms with Crippen LogP contribution in [0.25, 0.3) is 0 Å². The Balaban J connectivity index is 1.82. The molecular formula is C11H17N5O2. The van der Waals surface area contributed by atoms with Crippen molar-refractivity contribution in [3.8, 4) is 0 Å². The minimum atomic E-state index is -0.211. The van der Waals surface area contributed by atoms with Gasteiger partial charge in [0.2, 0.25) is 0 Å². The normalized spacial score (nSPS) is 16.3. The van der Waals surface area contributed by atoms with Gasteiger partial charge in [-0.05, 0) is 30.9 Å². The average Bonchev–Trinajstić information content (AvgIpc) is 2.46. The first-order chi connectivity index (χ1) is 8.79. The minimum absolute atomic E-state index is 0.211. The molecule has 7 nitrogen and oxygen atoms in total. The van der Waals surface area contributed by atoms with Gasteiger partial charge in [-0.15, -0.1) is 10.2 Å². The van der Waals surface area contributed by atoms with Crippen LogP contribution in [0.4, 0.5) is 5.82 Å². The van der Waals surface area contributed by atoms with Crippen molar-refractivity contribution in [1.82, 2.24) is 15.5 Å². The Labute approximate surface area is 105 Å². The largest absolute Gasteiger partial charge is 0.381 e. The Morgan fingerprint density at radius 1 is 1.39 bits per heavy atom. The standard InChI is InChI=1S/C11H17N5O2/c12-14-10-2-1-9(15-16-10)11(17)13-7-8-3-5-18-6-4-8/h1-2,8H,3-7,12H2,(H,13,17)(H,14,16). The predicted octanol–water partition coefficient (Wildman–Crippen LogP) is -0.0814. The number of rotatable bonds is 4. The molecule has 2 heterocycles. The Kier molecular flexibility index (Phi) is 4.43. The van der Waals surface area contributed by atoms with Crippen LogP contribution in [-0.4, -0.2) is 35.9 Å². The fourth-order valence-corrected chi connectivity index (χ4v) is 1.81. The minimum Gasteiger partial charge on any atom is -0.381 e. The maximum absolute atomic E-state index is 11.8. The summed E-state index contributed by atoms with van der Waals surface area (Å²) in [6.45, 7) is 2.20. The summed E-state index contributed by atoms with van der Waals surface area (Å²) in [5.41, 5.74) is 2.65. The van der Waals surface area contributed by atoms with Crippen LogP contribution in [0.2, 0.25) is 0 Å². The Morgan fingerprint density at radius 2 is 2.17 bits per heavy atom. The van der Waals surface area contributed by atoms with Crippen molar-refractivity contribution in [2.24, 2.45) is 11.8 Å². The van der Waals surface area contributed by atoms with Crippen molar-refractivity contribution in [2.75, 3.05) is 25.2 Å². The lowest BCUT2D eigenvalue weighted by Crippen LogP contribution is -2.32. The van der Waals surface area contributed by atoms with E-state index in [0.29, 0.717) is 24.0 Å². The molecule has 0 radical (unpaired) electrons. The summed E-state index contributed by atoms with van der Waals surface area (Å²) in [4.78, 5) is 11.8. The molecule has 7 heteroatoms. The third-order valence-electron chi connectivity index (χ3n) is 2.94. The second-order valence-corrected chi connectivity index (χ2v) is 4.21. The number of nitrogens with zero attached hydrogens (tertiary/aromatic N) is 2. The third kappa shape index (κ3) is 3.38. The number of hydrazine groups is 1. The molecule has 1 aromatic heterocycles. The molecule has 0 unspecified atom stereocenters. The van der Waals surface area contributed by atoms with E-state index in [-0.39, 0.29) is 5.91 Å². The van der Waals surface area contributed by atoms with Crippen LogP contribution >= 0.6 is 0 Å². The fourth-order valence-electron chi connectivity index (χ4n) is 1.81. The highest BCUT2D eigenvalue weighted by molar-refractivity contribution is 5.92. The molecule has 0 atom stereocenters. The number of aromatic nitrogens is 2. The van der Waals surface area contributed by atoms with Gasteiger partial charge in [-0.1, -0.05) is 0 Å². The Hall–Kier alpha value is -1.73. The van der Waals surface area contributed by atoms with Crippen LogP contribution in [0.3, 0.4) is 0 Å². The monoisotopic (exact) mass is 251 g/mol. The van der Waals surface area contributed by atoms with Crippen LogP contribution in [0.1, 0.15) is 23.3 Å². The summed E-state index contributed by atoms with van der Waals surface area (Å²) in [6.07, 6.45) is 1.98. The summed E-state index contributed by atoms with van der Waals surface area (Å²) >= 11 is 0. The molecule has 0 bridgehead atoms. The Bertz CT molecular complexity index is 389. The zero-order valence-corrected chi connectivity index (χ0v) is 10.1. The lowest BCUT2D eigenvalue weighted by Gasteiger charge is -2.21. The van der Waals surface area contributed by atoms with Gasteiger partial charge in [-0.2, -0.15) is 0 Å². The van der Waals surface area contributed by atoms with Crippen LogP contribution in [0, 0.1) is 5.92 Å². The molecule has 0 aromatic carbocycles. The quantitative estimate of drug-likeness (QED) is 0.511. The van der Waals surface area contributed by atoms with E-state index in [2.05, 4.69) is 20.9 Å². The number of ether oxygens (including phenoxy) is 1. The number of hydrogen-bond acceptors (Lipinski definition) is 6. The molecule has 1 saturated heterocycles. The highest BCUT2D eigenvalue weighted by atomic mass is 16.5. The number of nitrogens with one attached hydrogen (secondary N) is 2. The lowest BCUT2D eigenvalue weighted by atomic mass is 10.0. The van der Waals surface area contributed by atoms with E-state index in [9.17, 15) is 4.79 Å². The van der Waals surface area contributed by atoms with Crippen molar-refractivity contribution in [2.45, 2.75) is 12.8 Å². The summed E-state index contributed by atoms with van der Waals surface area (Å²) in [5.74, 6) is 5.87. The molecular weight excluding hydrogens is 234 g/mol. The molecule has 4 N–H and O–H groups in total. The van der Waals surface area contributed by atoms with E-state index >= 15 is 0 Å². The van der Waals surface area contributed by atoms with E-state index < -0.39 is 0 Å². The van der Waals surface area contributed by atoms with Gasteiger partial charge in [0.05, 0.1) is 0 Å². The molecule has 1 amide bonds. The highest BCUT2D eigenvalue weighted by Gasteiger charge is 2.15. The van der Waals surface area contributed by atoms with Gasteiger partial charge in [0.15, 0.2) is 11.5 Å². The number of carbonyl (C=O) groups excluding carboxylic acids is 1. The van der Waals surface area contributed by atoms with E-state index in [1.165, 1.54) is 0 Å². The predicted molar refractivity (Wildman–Crippen MR) is 65.7 cm³/mol. The number of nitrogen functional groups attached to an aromatic ring is 1. The number of anilines is 1. The van der Waals surface area contributed by atoms with Crippen LogP contribution in [0.15, 0.2) is 12.1 Å². The maximum Gasteiger partial charge on any atom is 0.271 e. The number of amides is 1. The molecule has 1 fully saturated rings. The number of hydrogen-bond donors (Lipinski definition) is 3. The second-order valence-electron chi connectivity index (χ2n) is 4.21. The molecule has 1 aliphatic rings. The van der Waals surface area contributed by atoms with E-state index in [1.54, 1.807) is 12.1 Å². The van der Waals surface area contributed by atoms with E-state index in [1.807, 2.05) is 0 Å². The fraction of sp³-hybridized carbons (Fsp3) is 0.545. The first-order valence-corrected chi connectivity index (χ1v) is 5.96. The topological polar surface area (TPSA) is 102 Å². The van der Waals surface area contributed by atoms with Gasteiger partial charge in [0, 0.05) is 19.8 Å². The summed E-state index contributed by atoms with van der Waals surface area (Å²) in [5, 5.41) is 10.4. The number of nitrogens with two attached hydrogens (primary N) is 1. The van der Waals surface area contributed by atoms with Gasteiger partial charge < -0.3 is 15.5 Å². The van der Waals surface area contributed by atoms with Crippen molar-refractivity contribution in [3.05, 3.63) is 17.8 Å². The van der Waals surface area contributed by atoms with Crippen molar-refractivity contribution in [1.29, 1.82) is 0 Å². The Morgan fingerprint density at radius 3 is 2.78 bits per heavy atom. The van der Waals surface area contributed by atoms with Crippen molar-refractivity contribution in [3.63, 3.8) is 0 Å². The van der Waals surface area contributed by atoms with Crippen molar-refractivity contribution >= 4 is 11.7 Å². The summed E-state index contributed by atoms with van der Waals surface area (Å²) in [7, 11) is 0. The molecule has 0 aliphatic carbocycles. The average molecular weight is 251 g/mol. The smallest absolute Gasteiger partial charge is 0.271 e. The zero-order valence-electron chi connectivity index (χ0n) is 10.1. The first-order valence-electron chi connectivity index (χ1n) is 5.96. The molecule has 1 aliphatic heterocycles. The van der Waals surface area contributed by atoms with E-state index in [0.717, 1.165) is 26.1 Å². The van der Waals surface area contributed by atoms with E-state index in [4.69, 9.17) is 10.6 Å². The molecule has 2 rings (SSSR count). The van der Waals surface area contributed by atoms with Gasteiger partial charge in [-0.3, -0.25) is 4.79 Å². The molecule has 1 aromatic rings. The molecule has 18 heavy (non-hydrogen) atoms. The summed E-state index contributed by atoms with van der Waals surface area (Å²) < 4.78 is 5.26. The first kappa shape index (κ1) is 12.7. The lowest BCUT2D eigenvalue weighted by molar-refractivity contribution is 0.0642. The summed E-state index contributed by atoms with van der Waals surface area (Å²) in [6, 6.07) is 3.19. The van der Waals surface area contributed by atoms with Gasteiger partial charge in [0.1, 0.15) is 0 Å². The third-order valence-corrected chi connectivity index (χ3v) is 2.94. The van der Waals surface area contributed by atoms with Crippen LogP contribution in [-0.2, 0) is 4.74 Å². The van der Waals surface area contributed by atoms with Crippen molar-refractivity contribution < 1.29 is 9.53 Å². The van der Waals surface area contributed by atoms with Crippen LogP contribution < -0.4 is 16.6 Å². The van der Waals surface area contributed by atoms with Gasteiger partial charge >= 0.3 is 0 Å². The number of carbonyl (C=O) groups is 1. The maximum atomic E-state index is 11.8. The zero-order chi connectivity index (χ0) is 12.8. The SMILES string of the molecule is NNc1ccc(C(=O)NCC2CCOCC2)nn1. The molecule has 0 spiro atoms. The molecule has 0 saturated carbocycles. The highest BCUT2D eigenvalue weighted by Crippen LogP contribution is 2.13.